The molecule has 8 aromatic carbocycles. The van der Waals surface area contributed by atoms with Gasteiger partial charge < -0.3 is 9.80 Å². The Balaban J connectivity index is 0.969. The fourth-order valence-electron chi connectivity index (χ4n) is 10.3. The smallest absolute Gasteiger partial charge is 0.160 e. The number of nitrogens with zero attached hydrogens (tertiary/aromatic N) is 4. The van der Waals surface area contributed by atoms with Crippen LogP contribution in [0.15, 0.2) is 206 Å². The Labute approximate surface area is 356 Å². The van der Waals surface area contributed by atoms with Gasteiger partial charge >= 0.3 is 0 Å². The summed E-state index contributed by atoms with van der Waals surface area (Å²) in [6.45, 7) is 4.76. The van der Waals surface area contributed by atoms with E-state index in [4.69, 9.17) is 9.97 Å². The first-order chi connectivity index (χ1) is 30.0. The summed E-state index contributed by atoms with van der Waals surface area (Å²) in [5.41, 5.74) is 16.4. The minimum absolute atomic E-state index is 0.0823. The van der Waals surface area contributed by atoms with Crippen LogP contribution in [-0.4, -0.2) is 16.0 Å². The second kappa shape index (κ2) is 13.8. The number of fused-ring (bicyclic) bond motifs is 8. The van der Waals surface area contributed by atoms with Crippen molar-refractivity contribution in [3.63, 3.8) is 0 Å². The second-order valence-electron chi connectivity index (χ2n) is 16.9. The van der Waals surface area contributed by atoms with Crippen molar-refractivity contribution in [2.24, 2.45) is 0 Å². The molecule has 0 amide bonds. The zero-order valence-corrected chi connectivity index (χ0v) is 34.1. The Bertz CT molecular complexity index is 3240. The quantitative estimate of drug-likeness (QED) is 0.174. The van der Waals surface area contributed by atoms with Crippen molar-refractivity contribution in [1.82, 2.24) is 9.97 Å². The molecule has 0 radical (unpaired) electrons. The number of benzene rings is 8. The number of aromatic nitrogens is 2. The highest BCUT2D eigenvalue weighted by molar-refractivity contribution is 5.99. The minimum atomic E-state index is -0.206. The van der Waals surface area contributed by atoms with Gasteiger partial charge in [-0.25, -0.2) is 9.97 Å². The van der Waals surface area contributed by atoms with E-state index < -0.39 is 0 Å². The Morgan fingerprint density at radius 2 is 1.18 bits per heavy atom. The molecule has 0 fully saturated rings. The lowest BCUT2D eigenvalue weighted by Crippen LogP contribution is -2.31. The van der Waals surface area contributed by atoms with Crippen LogP contribution in [0.4, 0.5) is 28.4 Å². The Morgan fingerprint density at radius 3 is 2.02 bits per heavy atom. The van der Waals surface area contributed by atoms with E-state index in [1.807, 2.05) is 12.1 Å². The Morgan fingerprint density at radius 1 is 0.508 bits per heavy atom. The van der Waals surface area contributed by atoms with E-state index in [2.05, 4.69) is 218 Å². The number of rotatable bonds is 5. The van der Waals surface area contributed by atoms with E-state index in [9.17, 15) is 0 Å². The zero-order chi connectivity index (χ0) is 40.7. The maximum Gasteiger partial charge on any atom is 0.160 e. The van der Waals surface area contributed by atoms with Crippen molar-refractivity contribution in [2.75, 3.05) is 9.80 Å². The number of anilines is 5. The van der Waals surface area contributed by atoms with Crippen molar-refractivity contribution in [2.45, 2.75) is 31.2 Å². The highest BCUT2D eigenvalue weighted by atomic mass is 15.2. The third-order valence-electron chi connectivity index (χ3n) is 13.2. The SMILES string of the molecule is CC1(C)c2ccccc2N(c2ccccc2)c2ccc(C3=CC=CC4C3c3c(ccc5ccccc35)N4c3ccc(-c4nc(-c5ccccc5)c5ccccc5n4)cc3)cc21. The Kier molecular flexibility index (Phi) is 7.98. The fourth-order valence-corrected chi connectivity index (χ4v) is 10.3. The van der Waals surface area contributed by atoms with Crippen molar-refractivity contribution < 1.29 is 0 Å². The molecule has 1 aromatic heterocycles. The first kappa shape index (κ1) is 35.4. The molecule has 4 nitrogen and oxygen atoms in total. The molecule has 0 bridgehead atoms. The molecule has 0 spiro atoms. The van der Waals surface area contributed by atoms with Crippen LogP contribution in [0.3, 0.4) is 0 Å². The molecule has 9 aromatic rings. The van der Waals surface area contributed by atoms with Gasteiger partial charge in [-0.15, -0.1) is 0 Å². The van der Waals surface area contributed by atoms with E-state index in [0.717, 1.165) is 39.2 Å². The van der Waals surface area contributed by atoms with Gasteiger partial charge in [0.15, 0.2) is 5.82 Å². The summed E-state index contributed by atoms with van der Waals surface area (Å²) in [5, 5.41) is 3.61. The summed E-state index contributed by atoms with van der Waals surface area (Å²) in [5.74, 6) is 0.839. The molecule has 0 saturated heterocycles. The zero-order valence-electron chi connectivity index (χ0n) is 34.1. The largest absolute Gasteiger partial charge is 0.333 e. The molecule has 290 valence electrons. The van der Waals surface area contributed by atoms with Gasteiger partial charge in [0.1, 0.15) is 0 Å². The van der Waals surface area contributed by atoms with Gasteiger partial charge in [-0.1, -0.05) is 153 Å². The molecule has 2 unspecified atom stereocenters. The summed E-state index contributed by atoms with van der Waals surface area (Å²) in [6.07, 6.45) is 7.03. The molecule has 1 aliphatic carbocycles. The third kappa shape index (κ3) is 5.52. The second-order valence-corrected chi connectivity index (χ2v) is 16.9. The Hall–Kier alpha value is -7.56. The average molecular weight is 783 g/mol. The molecule has 3 aliphatic rings. The molecule has 4 heteroatoms. The van der Waals surface area contributed by atoms with Crippen LogP contribution in [0.1, 0.15) is 42.0 Å². The molecule has 3 heterocycles. The molecule has 61 heavy (non-hydrogen) atoms. The van der Waals surface area contributed by atoms with Crippen LogP contribution in [0.25, 0.3) is 49.9 Å². The highest BCUT2D eigenvalue weighted by Crippen LogP contribution is 2.57. The van der Waals surface area contributed by atoms with Crippen LogP contribution >= 0.6 is 0 Å². The van der Waals surface area contributed by atoms with E-state index >= 15 is 0 Å². The monoisotopic (exact) mass is 782 g/mol. The lowest BCUT2D eigenvalue weighted by atomic mass is 9.71. The highest BCUT2D eigenvalue weighted by Gasteiger charge is 2.43. The molecule has 12 rings (SSSR count). The summed E-state index contributed by atoms with van der Waals surface area (Å²) < 4.78 is 0. The van der Waals surface area contributed by atoms with Gasteiger partial charge in [-0.3, -0.25) is 0 Å². The van der Waals surface area contributed by atoms with Gasteiger partial charge in [-0.2, -0.15) is 0 Å². The molecule has 0 saturated carbocycles. The summed E-state index contributed by atoms with van der Waals surface area (Å²) >= 11 is 0. The normalized spacial score (nSPS) is 17.1. The predicted octanol–water partition coefficient (Wildman–Crippen LogP) is 14.5. The van der Waals surface area contributed by atoms with Crippen LogP contribution < -0.4 is 9.80 Å². The van der Waals surface area contributed by atoms with E-state index in [0.29, 0.717) is 0 Å². The molecule has 2 atom stereocenters. The standard InChI is InChI=1S/C57H42N4/c1-57(2)46-24-12-14-26-49(46)60(41-19-7-4-8-20-41)50-34-31-40(36-47(50)57)44-23-15-27-51-54(44)53-43-21-10-9-16-37(43)30-35-52(53)61(51)42-32-28-39(29-33-42)56-58-48-25-13-11-22-45(48)55(59-56)38-17-5-3-6-18-38/h3-36,51,54H,1-2H3. The fraction of sp³-hybridized carbons (Fsp3) is 0.0877. The third-order valence-corrected chi connectivity index (χ3v) is 13.2. The number of hydrogen-bond acceptors (Lipinski definition) is 4. The maximum absolute atomic E-state index is 5.18. The van der Waals surface area contributed by atoms with Gasteiger partial charge in [0, 0.05) is 44.9 Å². The lowest BCUT2D eigenvalue weighted by molar-refractivity contribution is 0.631. The van der Waals surface area contributed by atoms with E-state index in [1.165, 1.54) is 61.3 Å². The van der Waals surface area contributed by atoms with Crippen LogP contribution in [0.2, 0.25) is 0 Å². The number of para-hydroxylation sites is 3. The van der Waals surface area contributed by atoms with Gasteiger partial charge in [0.05, 0.1) is 28.6 Å². The van der Waals surface area contributed by atoms with Crippen LogP contribution in [0, 0.1) is 0 Å². The topological polar surface area (TPSA) is 32.3 Å². The minimum Gasteiger partial charge on any atom is -0.333 e. The van der Waals surface area contributed by atoms with Crippen molar-refractivity contribution >= 4 is 55.7 Å². The predicted molar refractivity (Wildman–Crippen MR) is 253 cm³/mol. The van der Waals surface area contributed by atoms with E-state index in [-0.39, 0.29) is 17.4 Å². The van der Waals surface area contributed by atoms with Crippen molar-refractivity contribution in [3.05, 3.63) is 229 Å². The van der Waals surface area contributed by atoms with E-state index in [1.54, 1.807) is 0 Å². The summed E-state index contributed by atoms with van der Waals surface area (Å²) in [7, 11) is 0. The van der Waals surface area contributed by atoms with Crippen LogP contribution in [-0.2, 0) is 5.41 Å². The van der Waals surface area contributed by atoms with Crippen molar-refractivity contribution in [1.29, 1.82) is 0 Å². The summed E-state index contributed by atoms with van der Waals surface area (Å²) in [6, 6.07) is 68.0. The molecule has 0 N–H and O–H groups in total. The van der Waals surface area contributed by atoms with Crippen molar-refractivity contribution in [3.8, 4) is 22.6 Å². The van der Waals surface area contributed by atoms with Gasteiger partial charge in [0.25, 0.3) is 0 Å². The number of hydrogen-bond donors (Lipinski definition) is 0. The van der Waals surface area contributed by atoms with Gasteiger partial charge in [0.2, 0.25) is 0 Å². The first-order valence-electron chi connectivity index (χ1n) is 21.2. The first-order valence-corrected chi connectivity index (χ1v) is 21.2. The average Bonchev–Trinajstić information content (AvgIpc) is 3.67. The maximum atomic E-state index is 5.18. The summed E-state index contributed by atoms with van der Waals surface area (Å²) in [4.78, 5) is 15.2. The van der Waals surface area contributed by atoms with Crippen LogP contribution in [0.5, 0.6) is 0 Å². The number of allylic oxidation sites excluding steroid dienone is 2. The molecule has 2 aliphatic heterocycles. The molecular weight excluding hydrogens is 741 g/mol. The van der Waals surface area contributed by atoms with Gasteiger partial charge in [-0.05, 0) is 105 Å². The molecular formula is C57H42N4. The lowest BCUT2D eigenvalue weighted by Gasteiger charge is -2.42.